The Labute approximate surface area is 169 Å². The minimum atomic E-state index is -0.850. The van der Waals surface area contributed by atoms with Gasteiger partial charge < -0.3 is 14.8 Å². The Kier molecular flexibility index (Phi) is 5.29. The molecule has 0 radical (unpaired) electrons. The fraction of sp³-hybridized carbons (Fsp3) is 0.167. The summed E-state index contributed by atoms with van der Waals surface area (Å²) in [5, 5.41) is 2.87. The van der Waals surface area contributed by atoms with Crippen molar-refractivity contribution in [2.75, 3.05) is 12.4 Å². The van der Waals surface area contributed by atoms with Crippen LogP contribution in [0.25, 0.3) is 0 Å². The van der Waals surface area contributed by atoms with Gasteiger partial charge in [-0.05, 0) is 35.4 Å². The van der Waals surface area contributed by atoms with E-state index in [0.717, 1.165) is 22.4 Å². The van der Waals surface area contributed by atoms with Gasteiger partial charge in [0.05, 0.1) is 12.7 Å². The highest BCUT2D eigenvalue weighted by atomic mass is 16.5. The Morgan fingerprint density at radius 2 is 1.83 bits per heavy atom. The summed E-state index contributed by atoms with van der Waals surface area (Å²) in [5.74, 6) is -0.0555. The van der Waals surface area contributed by atoms with Crippen LogP contribution in [-0.4, -0.2) is 25.1 Å². The fourth-order valence-corrected chi connectivity index (χ4v) is 3.51. The molecule has 146 valence electrons. The van der Waals surface area contributed by atoms with Crippen molar-refractivity contribution in [1.82, 2.24) is 0 Å². The van der Waals surface area contributed by atoms with Crippen molar-refractivity contribution >= 4 is 17.6 Å². The van der Waals surface area contributed by atoms with E-state index >= 15 is 0 Å². The van der Waals surface area contributed by atoms with Crippen LogP contribution in [0.15, 0.2) is 72.8 Å². The second kappa shape index (κ2) is 8.19. The molecular weight excluding hydrogens is 366 g/mol. The first-order valence-electron chi connectivity index (χ1n) is 9.44. The van der Waals surface area contributed by atoms with Crippen LogP contribution >= 0.6 is 0 Å². The normalized spacial score (nSPS) is 15.2. The number of nitrogens with one attached hydrogen (secondary N) is 1. The lowest BCUT2D eigenvalue weighted by atomic mass is 9.98. The fourth-order valence-electron chi connectivity index (χ4n) is 3.51. The van der Waals surface area contributed by atoms with E-state index in [1.807, 2.05) is 54.6 Å². The molecule has 0 aromatic heterocycles. The highest BCUT2D eigenvalue weighted by Crippen LogP contribution is 2.26. The van der Waals surface area contributed by atoms with Crippen LogP contribution in [0.3, 0.4) is 0 Å². The Hall–Kier alpha value is -3.60. The van der Waals surface area contributed by atoms with Crippen LogP contribution in [-0.2, 0) is 22.4 Å². The predicted molar refractivity (Wildman–Crippen MR) is 110 cm³/mol. The average molecular weight is 387 g/mol. The second-order valence-electron chi connectivity index (χ2n) is 6.93. The first-order valence-corrected chi connectivity index (χ1v) is 9.44. The third-order valence-electron chi connectivity index (χ3n) is 4.97. The van der Waals surface area contributed by atoms with Gasteiger partial charge in [-0.15, -0.1) is 0 Å². The first-order chi connectivity index (χ1) is 14.1. The Morgan fingerprint density at radius 3 is 2.62 bits per heavy atom. The van der Waals surface area contributed by atoms with Crippen molar-refractivity contribution < 1.29 is 19.1 Å². The number of anilines is 1. The molecule has 1 aliphatic rings. The summed E-state index contributed by atoms with van der Waals surface area (Å²) in [6.07, 6.45) is 0.192. The number of carbonyl (C=O) groups excluding carboxylic acids is 2. The van der Waals surface area contributed by atoms with Crippen molar-refractivity contribution in [3.63, 3.8) is 0 Å². The van der Waals surface area contributed by atoms with E-state index in [-0.39, 0.29) is 5.91 Å². The number of carbonyl (C=O) groups is 2. The van der Waals surface area contributed by atoms with Gasteiger partial charge in [0, 0.05) is 24.1 Å². The quantitative estimate of drug-likeness (QED) is 0.672. The topological polar surface area (TPSA) is 64.6 Å². The lowest BCUT2D eigenvalue weighted by Gasteiger charge is -2.24. The van der Waals surface area contributed by atoms with Crippen molar-refractivity contribution in [1.29, 1.82) is 0 Å². The van der Waals surface area contributed by atoms with Gasteiger partial charge in [0.2, 0.25) is 0 Å². The molecule has 3 aromatic rings. The number of methoxy groups -OCH3 is 1. The minimum absolute atomic E-state index is 0.344. The SMILES string of the molecule is COc1ccc(NC(=O)[C@@H]2Cc3ccccc3C(=O)O2)cc1Cc1ccccc1. The zero-order valence-corrected chi connectivity index (χ0v) is 16.1. The van der Waals surface area contributed by atoms with Gasteiger partial charge >= 0.3 is 5.97 Å². The van der Waals surface area contributed by atoms with Crippen LogP contribution in [0.4, 0.5) is 5.69 Å². The summed E-state index contributed by atoms with van der Waals surface area (Å²) in [4.78, 5) is 24.9. The molecule has 29 heavy (non-hydrogen) atoms. The molecule has 0 aliphatic carbocycles. The maximum Gasteiger partial charge on any atom is 0.339 e. The number of fused-ring (bicyclic) bond motifs is 1. The molecule has 0 bridgehead atoms. The van der Waals surface area contributed by atoms with E-state index in [0.29, 0.717) is 24.1 Å². The lowest BCUT2D eigenvalue weighted by Crippen LogP contribution is -2.37. The Morgan fingerprint density at radius 1 is 1.07 bits per heavy atom. The zero-order valence-electron chi connectivity index (χ0n) is 16.1. The van der Waals surface area contributed by atoms with E-state index in [1.165, 1.54) is 0 Å². The summed E-state index contributed by atoms with van der Waals surface area (Å²) in [6, 6.07) is 22.7. The van der Waals surface area contributed by atoms with Gasteiger partial charge in [-0.2, -0.15) is 0 Å². The molecule has 0 fully saturated rings. The number of cyclic esters (lactones) is 1. The van der Waals surface area contributed by atoms with Crippen molar-refractivity contribution in [2.24, 2.45) is 0 Å². The highest BCUT2D eigenvalue weighted by Gasteiger charge is 2.31. The van der Waals surface area contributed by atoms with E-state index in [4.69, 9.17) is 9.47 Å². The van der Waals surface area contributed by atoms with Gasteiger partial charge in [0.15, 0.2) is 6.10 Å². The number of esters is 1. The largest absolute Gasteiger partial charge is 0.496 e. The second-order valence-corrected chi connectivity index (χ2v) is 6.93. The van der Waals surface area contributed by atoms with E-state index in [9.17, 15) is 9.59 Å². The monoisotopic (exact) mass is 387 g/mol. The van der Waals surface area contributed by atoms with Gasteiger partial charge in [-0.3, -0.25) is 4.79 Å². The zero-order chi connectivity index (χ0) is 20.2. The average Bonchev–Trinajstić information content (AvgIpc) is 2.75. The molecule has 5 heteroatoms. The summed E-state index contributed by atoms with van der Waals surface area (Å²) in [7, 11) is 1.63. The maximum absolute atomic E-state index is 12.7. The van der Waals surface area contributed by atoms with Crippen LogP contribution in [0.1, 0.15) is 27.0 Å². The summed E-state index contributed by atoms with van der Waals surface area (Å²) in [5.41, 5.74) is 4.08. The Bertz CT molecular complexity index is 1050. The van der Waals surface area contributed by atoms with E-state index in [1.54, 1.807) is 25.3 Å². The first kappa shape index (κ1) is 18.7. The van der Waals surface area contributed by atoms with Crippen LogP contribution in [0.2, 0.25) is 0 Å². The molecular formula is C24H21NO4. The van der Waals surface area contributed by atoms with E-state index in [2.05, 4.69) is 5.32 Å². The van der Waals surface area contributed by atoms with Crippen molar-refractivity contribution in [3.05, 3.63) is 95.1 Å². The number of benzene rings is 3. The molecule has 3 aromatic carbocycles. The third-order valence-corrected chi connectivity index (χ3v) is 4.97. The van der Waals surface area contributed by atoms with Crippen LogP contribution in [0.5, 0.6) is 5.75 Å². The molecule has 0 saturated heterocycles. The molecule has 1 aliphatic heterocycles. The van der Waals surface area contributed by atoms with Crippen LogP contribution in [0, 0.1) is 0 Å². The van der Waals surface area contributed by atoms with Crippen molar-refractivity contribution in [2.45, 2.75) is 18.9 Å². The van der Waals surface area contributed by atoms with Gasteiger partial charge in [-0.1, -0.05) is 48.5 Å². The summed E-state index contributed by atoms with van der Waals surface area (Å²) < 4.78 is 10.8. The number of rotatable bonds is 5. The van der Waals surface area contributed by atoms with E-state index < -0.39 is 12.1 Å². The molecule has 1 heterocycles. The lowest BCUT2D eigenvalue weighted by molar-refractivity contribution is -0.125. The molecule has 1 amide bonds. The number of ether oxygens (including phenoxy) is 2. The van der Waals surface area contributed by atoms with Gasteiger partial charge in [0.1, 0.15) is 5.75 Å². The molecule has 1 N–H and O–H groups in total. The number of hydrogen-bond donors (Lipinski definition) is 1. The van der Waals surface area contributed by atoms with Gasteiger partial charge in [0.25, 0.3) is 5.91 Å². The standard InChI is InChI=1S/C24H21NO4/c1-28-21-12-11-19(14-18(21)13-16-7-3-2-4-8-16)25-23(26)22-15-17-9-5-6-10-20(17)24(27)29-22/h2-12,14,22H,13,15H2,1H3,(H,25,26)/t22-/m0/s1. The molecule has 0 unspecified atom stereocenters. The molecule has 5 nitrogen and oxygen atoms in total. The molecule has 4 rings (SSSR count). The highest BCUT2D eigenvalue weighted by molar-refractivity contribution is 6.00. The molecule has 1 atom stereocenters. The number of hydrogen-bond acceptors (Lipinski definition) is 4. The summed E-state index contributed by atoms with van der Waals surface area (Å²) >= 11 is 0. The Balaban J connectivity index is 1.51. The minimum Gasteiger partial charge on any atom is -0.496 e. The molecule has 0 spiro atoms. The molecule has 0 saturated carbocycles. The summed E-state index contributed by atoms with van der Waals surface area (Å²) in [6.45, 7) is 0. The van der Waals surface area contributed by atoms with Crippen LogP contribution < -0.4 is 10.1 Å². The van der Waals surface area contributed by atoms with Crippen molar-refractivity contribution in [3.8, 4) is 5.75 Å². The van der Waals surface area contributed by atoms with Gasteiger partial charge in [-0.25, -0.2) is 4.79 Å². The predicted octanol–water partition coefficient (Wildman–Crippen LogP) is 4.01. The smallest absolute Gasteiger partial charge is 0.339 e. The number of amides is 1. The third kappa shape index (κ3) is 4.14. The maximum atomic E-state index is 12.7.